The number of fused-ring (bicyclic) bond motifs is 3. The van der Waals surface area contributed by atoms with Gasteiger partial charge in [-0.3, -0.25) is 10.00 Å². The van der Waals surface area contributed by atoms with Crippen LogP contribution in [-0.2, 0) is 11.2 Å². The predicted molar refractivity (Wildman–Crippen MR) is 108 cm³/mol. The largest absolute Gasteiger partial charge is 0.384 e. The van der Waals surface area contributed by atoms with E-state index in [0.717, 1.165) is 57.2 Å². The number of nitrogens with zero attached hydrogens (tertiary/aromatic N) is 2. The minimum atomic E-state index is 0.854. The van der Waals surface area contributed by atoms with Crippen LogP contribution in [0.2, 0.25) is 0 Å². The summed E-state index contributed by atoms with van der Waals surface area (Å²) >= 11 is 0. The number of hydrogen-bond acceptors (Lipinski definition) is 4. The van der Waals surface area contributed by atoms with Crippen molar-refractivity contribution in [3.8, 4) is 22.5 Å². The summed E-state index contributed by atoms with van der Waals surface area (Å²) in [6.45, 7) is 5.78. The molecule has 1 fully saturated rings. The van der Waals surface area contributed by atoms with Crippen molar-refractivity contribution >= 4 is 5.69 Å². The molecule has 5 nitrogen and oxygen atoms in total. The number of aromatic nitrogens is 2. The van der Waals surface area contributed by atoms with E-state index in [1.54, 1.807) is 0 Å². The molecule has 0 bridgehead atoms. The lowest BCUT2D eigenvalue weighted by Gasteiger charge is -2.26. The molecule has 0 saturated carbocycles. The number of anilines is 1. The number of morpholine rings is 1. The van der Waals surface area contributed by atoms with Gasteiger partial charge in [0.1, 0.15) is 0 Å². The fourth-order valence-corrected chi connectivity index (χ4v) is 4.04. The van der Waals surface area contributed by atoms with E-state index in [2.05, 4.69) is 68.9 Å². The van der Waals surface area contributed by atoms with Gasteiger partial charge in [-0.25, -0.2) is 0 Å². The molecule has 2 N–H and O–H groups in total. The maximum Gasteiger partial charge on any atom is 0.0962 e. The molecule has 5 rings (SSSR count). The van der Waals surface area contributed by atoms with Crippen molar-refractivity contribution in [2.24, 2.45) is 0 Å². The van der Waals surface area contributed by atoms with Gasteiger partial charge in [-0.1, -0.05) is 36.4 Å². The SMILES string of the molecule is c1ccc2c(c1)Cc1c(-c3ccc(NCCN4CCOCC4)cc3)n[nH]c1-2. The molecule has 1 saturated heterocycles. The molecule has 0 unspecified atom stereocenters. The van der Waals surface area contributed by atoms with Crippen LogP contribution in [0.4, 0.5) is 5.69 Å². The zero-order valence-corrected chi connectivity index (χ0v) is 15.4. The van der Waals surface area contributed by atoms with Gasteiger partial charge < -0.3 is 10.1 Å². The van der Waals surface area contributed by atoms with Gasteiger partial charge in [0, 0.05) is 55.0 Å². The summed E-state index contributed by atoms with van der Waals surface area (Å²) < 4.78 is 5.39. The topological polar surface area (TPSA) is 53.2 Å². The van der Waals surface area contributed by atoms with Gasteiger partial charge in [0.05, 0.1) is 24.6 Å². The van der Waals surface area contributed by atoms with Crippen LogP contribution in [0.5, 0.6) is 0 Å². The van der Waals surface area contributed by atoms with Crippen LogP contribution in [0.15, 0.2) is 48.5 Å². The molecule has 2 aliphatic rings. The molecule has 0 radical (unpaired) electrons. The quantitative estimate of drug-likeness (QED) is 0.573. The Balaban J connectivity index is 1.26. The summed E-state index contributed by atoms with van der Waals surface area (Å²) in [6.07, 6.45) is 0.955. The van der Waals surface area contributed by atoms with Crippen molar-refractivity contribution in [3.05, 3.63) is 59.7 Å². The molecule has 5 heteroatoms. The Kier molecular flexibility index (Phi) is 4.40. The van der Waals surface area contributed by atoms with Crippen LogP contribution in [0.1, 0.15) is 11.1 Å². The van der Waals surface area contributed by atoms with Crippen molar-refractivity contribution in [2.45, 2.75) is 6.42 Å². The fourth-order valence-electron chi connectivity index (χ4n) is 4.04. The normalized spacial score (nSPS) is 16.1. The second-order valence-electron chi connectivity index (χ2n) is 7.22. The lowest BCUT2D eigenvalue weighted by molar-refractivity contribution is 0.0398. The number of benzene rings is 2. The third-order valence-corrected chi connectivity index (χ3v) is 5.54. The average molecular weight is 360 g/mol. The van der Waals surface area contributed by atoms with E-state index in [4.69, 9.17) is 4.74 Å². The first-order chi connectivity index (χ1) is 13.4. The highest BCUT2D eigenvalue weighted by atomic mass is 16.5. The highest BCUT2D eigenvalue weighted by Crippen LogP contribution is 2.39. The zero-order chi connectivity index (χ0) is 18.1. The molecule has 138 valence electrons. The number of ether oxygens (including phenoxy) is 1. The third-order valence-electron chi connectivity index (χ3n) is 5.54. The fraction of sp³-hybridized carbons (Fsp3) is 0.318. The highest BCUT2D eigenvalue weighted by molar-refractivity contribution is 5.81. The van der Waals surface area contributed by atoms with Gasteiger partial charge in [-0.05, 0) is 17.7 Å². The van der Waals surface area contributed by atoms with Gasteiger partial charge in [0.2, 0.25) is 0 Å². The highest BCUT2D eigenvalue weighted by Gasteiger charge is 2.24. The van der Waals surface area contributed by atoms with Crippen molar-refractivity contribution in [1.29, 1.82) is 0 Å². The van der Waals surface area contributed by atoms with Gasteiger partial charge >= 0.3 is 0 Å². The van der Waals surface area contributed by atoms with Crippen molar-refractivity contribution in [3.63, 3.8) is 0 Å². The van der Waals surface area contributed by atoms with E-state index < -0.39 is 0 Å². The molecule has 0 atom stereocenters. The Morgan fingerprint density at radius 1 is 1.04 bits per heavy atom. The maximum absolute atomic E-state index is 5.39. The maximum atomic E-state index is 5.39. The van der Waals surface area contributed by atoms with Crippen molar-refractivity contribution in [1.82, 2.24) is 15.1 Å². The zero-order valence-electron chi connectivity index (χ0n) is 15.4. The smallest absolute Gasteiger partial charge is 0.0962 e. The number of nitrogens with one attached hydrogen (secondary N) is 2. The van der Waals surface area contributed by atoms with E-state index in [1.807, 2.05) is 0 Å². The second-order valence-corrected chi connectivity index (χ2v) is 7.22. The Bertz CT molecular complexity index is 926. The molecule has 0 spiro atoms. The van der Waals surface area contributed by atoms with Crippen LogP contribution in [0, 0.1) is 0 Å². The van der Waals surface area contributed by atoms with Crippen LogP contribution in [0.3, 0.4) is 0 Å². The third kappa shape index (κ3) is 3.24. The van der Waals surface area contributed by atoms with E-state index >= 15 is 0 Å². The minimum Gasteiger partial charge on any atom is -0.384 e. The Hall–Kier alpha value is -2.63. The number of aromatic amines is 1. The molecule has 3 aromatic rings. The Labute approximate surface area is 159 Å². The lowest BCUT2D eigenvalue weighted by Crippen LogP contribution is -2.38. The monoisotopic (exact) mass is 360 g/mol. The molecule has 1 aliphatic heterocycles. The minimum absolute atomic E-state index is 0.854. The molecule has 1 aromatic heterocycles. The number of H-pyrrole nitrogens is 1. The van der Waals surface area contributed by atoms with Crippen molar-refractivity contribution in [2.75, 3.05) is 44.7 Å². The molecule has 2 heterocycles. The van der Waals surface area contributed by atoms with E-state index in [0.29, 0.717) is 0 Å². The molecule has 27 heavy (non-hydrogen) atoms. The summed E-state index contributed by atoms with van der Waals surface area (Å²) in [6, 6.07) is 17.2. The van der Waals surface area contributed by atoms with Gasteiger partial charge in [-0.2, -0.15) is 5.10 Å². The standard InChI is InChI=1S/C22H24N4O/c1-2-4-19-17(3-1)15-20-21(24-25-22(19)20)16-5-7-18(8-6-16)23-9-10-26-11-13-27-14-12-26/h1-8,23H,9-15H2,(H,24,25). The van der Waals surface area contributed by atoms with Gasteiger partial charge in [0.25, 0.3) is 0 Å². The summed E-state index contributed by atoms with van der Waals surface area (Å²) in [5.74, 6) is 0. The van der Waals surface area contributed by atoms with Crippen LogP contribution < -0.4 is 5.32 Å². The summed E-state index contributed by atoms with van der Waals surface area (Å²) in [5.41, 5.74) is 8.54. The van der Waals surface area contributed by atoms with Crippen LogP contribution in [0.25, 0.3) is 22.5 Å². The molecular weight excluding hydrogens is 336 g/mol. The summed E-state index contributed by atoms with van der Waals surface area (Å²) in [5, 5.41) is 11.4. The second kappa shape index (κ2) is 7.18. The molecule has 2 aromatic carbocycles. The van der Waals surface area contributed by atoms with Gasteiger partial charge in [0.15, 0.2) is 0 Å². The van der Waals surface area contributed by atoms with Gasteiger partial charge in [-0.15, -0.1) is 0 Å². The molecule has 0 amide bonds. The molecular formula is C22H24N4O. The lowest BCUT2D eigenvalue weighted by atomic mass is 10.1. The summed E-state index contributed by atoms with van der Waals surface area (Å²) in [4.78, 5) is 2.44. The summed E-state index contributed by atoms with van der Waals surface area (Å²) in [7, 11) is 0. The van der Waals surface area contributed by atoms with Crippen molar-refractivity contribution < 1.29 is 4.74 Å². The first-order valence-corrected chi connectivity index (χ1v) is 9.68. The first-order valence-electron chi connectivity index (χ1n) is 9.68. The number of hydrogen-bond donors (Lipinski definition) is 2. The molecule has 1 aliphatic carbocycles. The number of rotatable bonds is 5. The predicted octanol–water partition coefficient (Wildman–Crippen LogP) is 3.39. The average Bonchev–Trinajstić information content (AvgIpc) is 3.29. The Morgan fingerprint density at radius 3 is 2.70 bits per heavy atom. The first kappa shape index (κ1) is 16.5. The van der Waals surface area contributed by atoms with Crippen LogP contribution in [-0.4, -0.2) is 54.5 Å². The van der Waals surface area contributed by atoms with E-state index in [-0.39, 0.29) is 0 Å². The van der Waals surface area contributed by atoms with E-state index in [1.165, 1.54) is 27.9 Å². The van der Waals surface area contributed by atoms with E-state index in [9.17, 15) is 0 Å². The van der Waals surface area contributed by atoms with Crippen LogP contribution >= 0.6 is 0 Å². The Morgan fingerprint density at radius 2 is 1.85 bits per heavy atom.